The van der Waals surface area contributed by atoms with Crippen molar-refractivity contribution in [2.45, 2.75) is 13.8 Å². The molecule has 21 heavy (non-hydrogen) atoms. The number of nitrogens with one attached hydrogen (secondary N) is 1. The van der Waals surface area contributed by atoms with Crippen molar-refractivity contribution in [2.24, 2.45) is 0 Å². The maximum Gasteiger partial charge on any atom is 0.255 e. The summed E-state index contributed by atoms with van der Waals surface area (Å²) in [6.07, 6.45) is 5.41. The summed E-state index contributed by atoms with van der Waals surface area (Å²) in [5.74, 6) is 2.23. The smallest absolute Gasteiger partial charge is 0.255 e. The van der Waals surface area contributed by atoms with Crippen LogP contribution in [-0.2, 0) is 0 Å². The Morgan fingerprint density at radius 3 is 2.48 bits per heavy atom. The minimum absolute atomic E-state index is 0.0744. The number of hydrogen-bond acceptors (Lipinski definition) is 2. The number of carbonyl (C=O) groups excluding carboxylic acids is 2. The van der Waals surface area contributed by atoms with Crippen LogP contribution >= 0.6 is 0 Å². The van der Waals surface area contributed by atoms with Gasteiger partial charge in [0.25, 0.3) is 5.91 Å². The van der Waals surface area contributed by atoms with Gasteiger partial charge >= 0.3 is 0 Å². The van der Waals surface area contributed by atoms with Crippen LogP contribution in [0.4, 0.5) is 5.69 Å². The molecule has 1 N–H and O–H groups in total. The van der Waals surface area contributed by atoms with Gasteiger partial charge in [-0.1, -0.05) is 24.1 Å². The molecule has 2 aromatic rings. The number of Topliss-reactive ketones (excluding diaryl/α,β-unsaturated/α-hetero) is 1. The van der Waals surface area contributed by atoms with Crippen LogP contribution in [0, 0.1) is 19.3 Å². The third kappa shape index (κ3) is 3.37. The van der Waals surface area contributed by atoms with Gasteiger partial charge in [0.1, 0.15) is 0 Å². The van der Waals surface area contributed by atoms with E-state index in [0.29, 0.717) is 16.8 Å². The lowest BCUT2D eigenvalue weighted by molar-refractivity contribution is 0.101. The van der Waals surface area contributed by atoms with Gasteiger partial charge in [0, 0.05) is 22.4 Å². The quantitative estimate of drug-likeness (QED) is 0.690. The zero-order valence-corrected chi connectivity index (χ0v) is 11.9. The molecule has 0 heterocycles. The van der Waals surface area contributed by atoms with E-state index in [1.54, 1.807) is 36.4 Å². The number of amides is 1. The highest BCUT2D eigenvalue weighted by Crippen LogP contribution is 2.16. The molecule has 104 valence electrons. The molecule has 0 saturated carbocycles. The summed E-state index contributed by atoms with van der Waals surface area (Å²) in [5.41, 5.74) is 3.30. The number of benzene rings is 2. The van der Waals surface area contributed by atoms with Crippen LogP contribution < -0.4 is 5.32 Å². The van der Waals surface area contributed by atoms with Crippen LogP contribution in [0.3, 0.4) is 0 Å². The summed E-state index contributed by atoms with van der Waals surface area (Å²) in [4.78, 5) is 23.5. The van der Waals surface area contributed by atoms with Crippen molar-refractivity contribution in [3.8, 4) is 12.3 Å². The summed E-state index contributed by atoms with van der Waals surface area (Å²) >= 11 is 0. The first kappa shape index (κ1) is 14.5. The number of carbonyl (C=O) groups is 2. The molecule has 2 aromatic carbocycles. The largest absolute Gasteiger partial charge is 0.322 e. The Kier molecular flexibility index (Phi) is 4.20. The average Bonchev–Trinajstić information content (AvgIpc) is 2.49. The van der Waals surface area contributed by atoms with Gasteiger partial charge in [0.05, 0.1) is 0 Å². The van der Waals surface area contributed by atoms with Crippen molar-refractivity contribution < 1.29 is 9.59 Å². The maximum atomic E-state index is 12.2. The first-order chi connectivity index (χ1) is 10.0. The molecule has 0 atom stereocenters. The molecule has 2 rings (SSSR count). The number of aryl methyl sites for hydroxylation is 1. The lowest BCUT2D eigenvalue weighted by Crippen LogP contribution is -2.12. The maximum absolute atomic E-state index is 12.2. The van der Waals surface area contributed by atoms with Gasteiger partial charge in [-0.25, -0.2) is 0 Å². The molecule has 0 aromatic heterocycles. The monoisotopic (exact) mass is 277 g/mol. The van der Waals surface area contributed by atoms with Gasteiger partial charge < -0.3 is 5.32 Å². The van der Waals surface area contributed by atoms with Crippen LogP contribution in [0.2, 0.25) is 0 Å². The molecular weight excluding hydrogens is 262 g/mol. The minimum Gasteiger partial charge on any atom is -0.322 e. The van der Waals surface area contributed by atoms with E-state index in [1.807, 2.05) is 13.0 Å². The molecule has 3 nitrogen and oxygen atoms in total. The zero-order valence-electron chi connectivity index (χ0n) is 11.9. The average molecular weight is 277 g/mol. The Hall–Kier alpha value is -2.86. The fourth-order valence-corrected chi connectivity index (χ4v) is 1.94. The fourth-order valence-electron chi connectivity index (χ4n) is 1.94. The van der Waals surface area contributed by atoms with E-state index in [1.165, 1.54) is 6.92 Å². The van der Waals surface area contributed by atoms with Crippen molar-refractivity contribution in [2.75, 3.05) is 5.32 Å². The van der Waals surface area contributed by atoms with E-state index >= 15 is 0 Å². The summed E-state index contributed by atoms with van der Waals surface area (Å²) < 4.78 is 0. The number of ketones is 1. The van der Waals surface area contributed by atoms with Gasteiger partial charge in [0.15, 0.2) is 5.78 Å². The molecule has 0 bridgehead atoms. The second-order valence-electron chi connectivity index (χ2n) is 4.77. The highest BCUT2D eigenvalue weighted by molar-refractivity contribution is 6.06. The predicted molar refractivity (Wildman–Crippen MR) is 83.5 cm³/mol. The van der Waals surface area contributed by atoms with Crippen LogP contribution in [0.5, 0.6) is 0 Å². The molecule has 1 amide bonds. The standard InChI is InChI=1S/C18H15NO2/c1-4-14-11-17(9-8-12(14)2)19-18(21)16-7-5-6-15(10-16)13(3)20/h1,5-11H,2-3H3,(H,19,21). The van der Waals surface area contributed by atoms with Gasteiger partial charge in [-0.2, -0.15) is 0 Å². The number of hydrogen-bond donors (Lipinski definition) is 1. The minimum atomic E-state index is -0.273. The third-order valence-electron chi connectivity index (χ3n) is 3.18. The number of rotatable bonds is 3. The normalized spacial score (nSPS) is 9.76. The second-order valence-corrected chi connectivity index (χ2v) is 4.77. The molecule has 0 saturated heterocycles. The van der Waals surface area contributed by atoms with E-state index in [2.05, 4.69) is 11.2 Å². The first-order valence-corrected chi connectivity index (χ1v) is 6.51. The lowest BCUT2D eigenvalue weighted by atomic mass is 10.1. The Labute approximate surface area is 124 Å². The van der Waals surface area contributed by atoms with Crippen LogP contribution in [0.1, 0.15) is 38.8 Å². The summed E-state index contributed by atoms with van der Waals surface area (Å²) in [6.45, 7) is 3.38. The Morgan fingerprint density at radius 1 is 1.10 bits per heavy atom. The van der Waals surface area contributed by atoms with Crippen LogP contribution in [0.15, 0.2) is 42.5 Å². The summed E-state index contributed by atoms with van der Waals surface area (Å²) in [7, 11) is 0. The molecule has 0 spiro atoms. The van der Waals surface area contributed by atoms with Crippen LogP contribution in [-0.4, -0.2) is 11.7 Å². The summed E-state index contributed by atoms with van der Waals surface area (Å²) in [6, 6.07) is 12.0. The Bertz CT molecular complexity index is 754. The second kappa shape index (κ2) is 6.06. The van der Waals surface area contributed by atoms with E-state index in [0.717, 1.165) is 11.1 Å². The predicted octanol–water partition coefficient (Wildman–Crippen LogP) is 3.43. The SMILES string of the molecule is C#Cc1cc(NC(=O)c2cccc(C(C)=O)c2)ccc1C. The fraction of sp³-hybridized carbons (Fsp3) is 0.111. The lowest BCUT2D eigenvalue weighted by Gasteiger charge is -2.08. The molecule has 0 unspecified atom stereocenters. The third-order valence-corrected chi connectivity index (χ3v) is 3.18. The highest BCUT2D eigenvalue weighted by atomic mass is 16.1. The van der Waals surface area contributed by atoms with Crippen molar-refractivity contribution in [3.63, 3.8) is 0 Å². The molecule has 3 heteroatoms. The van der Waals surface area contributed by atoms with Gasteiger partial charge in [-0.05, 0) is 43.7 Å². The van der Waals surface area contributed by atoms with E-state index in [9.17, 15) is 9.59 Å². The molecular formula is C18H15NO2. The zero-order chi connectivity index (χ0) is 15.4. The first-order valence-electron chi connectivity index (χ1n) is 6.51. The van der Waals surface area contributed by atoms with Crippen molar-refractivity contribution >= 4 is 17.4 Å². The van der Waals surface area contributed by atoms with Crippen molar-refractivity contribution in [3.05, 3.63) is 64.7 Å². The van der Waals surface area contributed by atoms with E-state index in [-0.39, 0.29) is 11.7 Å². The molecule has 0 aliphatic heterocycles. The van der Waals surface area contributed by atoms with E-state index < -0.39 is 0 Å². The molecule has 0 aliphatic carbocycles. The van der Waals surface area contributed by atoms with Gasteiger partial charge in [-0.3, -0.25) is 9.59 Å². The number of anilines is 1. The molecule has 0 radical (unpaired) electrons. The van der Waals surface area contributed by atoms with Gasteiger partial charge in [-0.15, -0.1) is 6.42 Å². The van der Waals surface area contributed by atoms with Crippen molar-refractivity contribution in [1.82, 2.24) is 0 Å². The topological polar surface area (TPSA) is 46.2 Å². The van der Waals surface area contributed by atoms with Crippen molar-refractivity contribution in [1.29, 1.82) is 0 Å². The molecule has 0 fully saturated rings. The van der Waals surface area contributed by atoms with Crippen LogP contribution in [0.25, 0.3) is 0 Å². The van der Waals surface area contributed by atoms with Gasteiger partial charge in [0.2, 0.25) is 0 Å². The summed E-state index contributed by atoms with van der Waals surface area (Å²) in [5, 5.41) is 2.78. The Morgan fingerprint density at radius 2 is 1.81 bits per heavy atom. The highest BCUT2D eigenvalue weighted by Gasteiger charge is 2.09. The number of terminal acetylenes is 1. The Balaban J connectivity index is 2.24. The molecule has 0 aliphatic rings. The van der Waals surface area contributed by atoms with E-state index in [4.69, 9.17) is 6.42 Å².